The number of aliphatic hydroxyl groups is 1. The Morgan fingerprint density at radius 1 is 1.33 bits per heavy atom. The summed E-state index contributed by atoms with van der Waals surface area (Å²) in [4.78, 5) is 4.38. The van der Waals surface area contributed by atoms with Crippen LogP contribution >= 0.6 is 0 Å². The van der Waals surface area contributed by atoms with Gasteiger partial charge in [-0.1, -0.05) is 19.0 Å². The molecule has 0 bridgehead atoms. The second-order valence-electron chi connectivity index (χ2n) is 4.78. The van der Waals surface area contributed by atoms with E-state index in [2.05, 4.69) is 24.0 Å². The third kappa shape index (κ3) is 2.20. The highest BCUT2D eigenvalue weighted by atomic mass is 16.5. The fraction of sp³-hybridized carbons (Fsp3) is 0.818. The van der Waals surface area contributed by atoms with E-state index in [9.17, 15) is 5.11 Å². The Labute approximate surface area is 89.7 Å². The molecule has 1 aromatic heterocycles. The van der Waals surface area contributed by atoms with E-state index in [1.54, 1.807) is 6.92 Å². The molecular weight excluding hydrogens is 192 g/mol. The van der Waals surface area contributed by atoms with E-state index in [0.29, 0.717) is 17.7 Å². The summed E-state index contributed by atoms with van der Waals surface area (Å²) in [6.45, 7) is 5.88. The second-order valence-corrected chi connectivity index (χ2v) is 4.78. The number of hydrogen-bond donors (Lipinski definition) is 1. The van der Waals surface area contributed by atoms with E-state index in [-0.39, 0.29) is 5.92 Å². The molecule has 15 heavy (non-hydrogen) atoms. The van der Waals surface area contributed by atoms with Gasteiger partial charge in [-0.15, -0.1) is 0 Å². The summed E-state index contributed by atoms with van der Waals surface area (Å²) in [5.74, 6) is 2.16. The summed E-state index contributed by atoms with van der Waals surface area (Å²) in [6.07, 6.45) is 1.89. The van der Waals surface area contributed by atoms with Crippen molar-refractivity contribution in [2.24, 2.45) is 5.92 Å². The lowest BCUT2D eigenvalue weighted by molar-refractivity contribution is 0.120. The number of aromatic nitrogens is 2. The van der Waals surface area contributed by atoms with E-state index in [1.807, 2.05) is 0 Å². The van der Waals surface area contributed by atoms with Crippen LogP contribution in [0.25, 0.3) is 0 Å². The van der Waals surface area contributed by atoms with Crippen LogP contribution in [0.2, 0.25) is 0 Å². The van der Waals surface area contributed by atoms with Crippen molar-refractivity contribution in [3.8, 4) is 0 Å². The summed E-state index contributed by atoms with van der Waals surface area (Å²) in [5.41, 5.74) is 0. The van der Waals surface area contributed by atoms with Gasteiger partial charge >= 0.3 is 0 Å². The largest absolute Gasteiger partial charge is 0.393 e. The lowest BCUT2D eigenvalue weighted by atomic mass is 9.91. The molecule has 1 aromatic rings. The van der Waals surface area contributed by atoms with Gasteiger partial charge < -0.3 is 9.63 Å². The van der Waals surface area contributed by atoms with Gasteiger partial charge in [0.15, 0.2) is 5.82 Å². The average Bonchev–Trinajstić information content (AvgIpc) is 2.87. The van der Waals surface area contributed by atoms with Crippen LogP contribution in [0.5, 0.6) is 0 Å². The first-order chi connectivity index (χ1) is 7.09. The molecule has 1 saturated carbocycles. The molecule has 2 unspecified atom stereocenters. The minimum absolute atomic E-state index is 0.0509. The van der Waals surface area contributed by atoms with Crippen molar-refractivity contribution < 1.29 is 9.63 Å². The quantitative estimate of drug-likeness (QED) is 0.826. The predicted octanol–water partition coefficient (Wildman–Crippen LogP) is 2.07. The number of rotatable bonds is 4. The van der Waals surface area contributed by atoms with Crippen LogP contribution < -0.4 is 0 Å². The molecule has 2 atom stereocenters. The zero-order chi connectivity index (χ0) is 11.0. The maximum absolute atomic E-state index is 9.67. The van der Waals surface area contributed by atoms with Crippen molar-refractivity contribution in [2.45, 2.75) is 51.6 Å². The molecular formula is C11H18N2O2. The van der Waals surface area contributed by atoms with Crippen LogP contribution in [-0.4, -0.2) is 21.4 Å². The van der Waals surface area contributed by atoms with E-state index in [4.69, 9.17) is 4.52 Å². The van der Waals surface area contributed by atoms with Crippen molar-refractivity contribution in [1.82, 2.24) is 10.1 Å². The average molecular weight is 210 g/mol. The first kappa shape index (κ1) is 10.6. The molecule has 0 radical (unpaired) electrons. The summed E-state index contributed by atoms with van der Waals surface area (Å²) < 4.78 is 5.23. The molecule has 0 spiro atoms. The van der Waals surface area contributed by atoms with Gasteiger partial charge in [0.05, 0.1) is 12.0 Å². The summed E-state index contributed by atoms with van der Waals surface area (Å²) in [5, 5.41) is 13.6. The van der Waals surface area contributed by atoms with E-state index in [1.165, 1.54) is 12.8 Å². The first-order valence-corrected chi connectivity index (χ1v) is 5.61. The van der Waals surface area contributed by atoms with Gasteiger partial charge in [0, 0.05) is 5.92 Å². The Balaban J connectivity index is 2.17. The number of aliphatic hydroxyl groups excluding tert-OH is 1. The smallest absolute Gasteiger partial charge is 0.232 e. The molecule has 4 nitrogen and oxygen atoms in total. The Hall–Kier alpha value is -0.900. The van der Waals surface area contributed by atoms with Crippen molar-refractivity contribution in [2.75, 3.05) is 0 Å². The molecule has 1 heterocycles. The molecule has 2 rings (SSSR count). The van der Waals surface area contributed by atoms with Crippen LogP contribution in [0.15, 0.2) is 4.52 Å². The summed E-state index contributed by atoms with van der Waals surface area (Å²) in [6, 6.07) is 0. The predicted molar refractivity (Wildman–Crippen MR) is 55.5 cm³/mol. The van der Waals surface area contributed by atoms with Crippen LogP contribution in [-0.2, 0) is 0 Å². The number of nitrogens with zero attached hydrogens (tertiary/aromatic N) is 2. The topological polar surface area (TPSA) is 59.2 Å². The fourth-order valence-corrected chi connectivity index (χ4v) is 1.94. The molecule has 0 saturated heterocycles. The van der Waals surface area contributed by atoms with Crippen molar-refractivity contribution in [1.29, 1.82) is 0 Å². The highest BCUT2D eigenvalue weighted by Crippen LogP contribution is 2.39. The van der Waals surface area contributed by atoms with Crippen molar-refractivity contribution in [3.05, 3.63) is 11.7 Å². The Morgan fingerprint density at radius 3 is 2.47 bits per heavy atom. The van der Waals surface area contributed by atoms with Crippen LogP contribution in [0.3, 0.4) is 0 Å². The highest BCUT2D eigenvalue weighted by molar-refractivity contribution is 5.06. The van der Waals surface area contributed by atoms with E-state index in [0.717, 1.165) is 5.82 Å². The Morgan fingerprint density at radius 2 is 2.00 bits per heavy atom. The molecule has 1 aliphatic rings. The van der Waals surface area contributed by atoms with Gasteiger partial charge in [0.1, 0.15) is 0 Å². The molecule has 1 aliphatic carbocycles. The SMILES string of the molecule is CC(C)C(c1nc(C2CC2)no1)C(C)O. The summed E-state index contributed by atoms with van der Waals surface area (Å²) in [7, 11) is 0. The lowest BCUT2D eigenvalue weighted by Crippen LogP contribution is -2.20. The van der Waals surface area contributed by atoms with Gasteiger partial charge in [0.25, 0.3) is 0 Å². The highest BCUT2D eigenvalue weighted by Gasteiger charge is 2.32. The lowest BCUT2D eigenvalue weighted by Gasteiger charge is -2.19. The van der Waals surface area contributed by atoms with E-state index < -0.39 is 6.10 Å². The standard InChI is InChI=1S/C11H18N2O2/c1-6(2)9(7(3)14)11-12-10(13-15-11)8-4-5-8/h6-9,14H,4-5H2,1-3H3. The molecule has 4 heteroatoms. The number of hydrogen-bond acceptors (Lipinski definition) is 4. The van der Waals surface area contributed by atoms with Gasteiger partial charge in [-0.05, 0) is 25.7 Å². The monoisotopic (exact) mass is 210 g/mol. The molecule has 84 valence electrons. The maximum atomic E-state index is 9.67. The maximum Gasteiger partial charge on any atom is 0.232 e. The van der Waals surface area contributed by atoms with Crippen molar-refractivity contribution >= 4 is 0 Å². The van der Waals surface area contributed by atoms with Gasteiger partial charge in [0.2, 0.25) is 5.89 Å². The minimum Gasteiger partial charge on any atom is -0.393 e. The molecule has 1 fully saturated rings. The third-order valence-electron chi connectivity index (χ3n) is 2.92. The minimum atomic E-state index is -0.447. The van der Waals surface area contributed by atoms with Crippen molar-refractivity contribution in [3.63, 3.8) is 0 Å². The molecule has 1 N–H and O–H groups in total. The molecule has 0 aliphatic heterocycles. The van der Waals surface area contributed by atoms with Gasteiger partial charge in [-0.3, -0.25) is 0 Å². The van der Waals surface area contributed by atoms with Gasteiger partial charge in [-0.25, -0.2) is 0 Å². The van der Waals surface area contributed by atoms with Crippen LogP contribution in [0.4, 0.5) is 0 Å². The zero-order valence-corrected chi connectivity index (χ0v) is 9.47. The zero-order valence-electron chi connectivity index (χ0n) is 9.47. The van der Waals surface area contributed by atoms with Crippen LogP contribution in [0, 0.1) is 5.92 Å². The Kier molecular flexibility index (Phi) is 2.78. The van der Waals surface area contributed by atoms with E-state index >= 15 is 0 Å². The first-order valence-electron chi connectivity index (χ1n) is 5.61. The third-order valence-corrected chi connectivity index (χ3v) is 2.92. The second kappa shape index (κ2) is 3.93. The fourth-order valence-electron chi connectivity index (χ4n) is 1.94. The molecule has 0 amide bonds. The van der Waals surface area contributed by atoms with Gasteiger partial charge in [-0.2, -0.15) is 4.98 Å². The molecule has 0 aromatic carbocycles. The van der Waals surface area contributed by atoms with Crippen LogP contribution in [0.1, 0.15) is 57.2 Å². The Bertz CT molecular complexity index is 321. The normalized spacial score (nSPS) is 20.6. The summed E-state index contributed by atoms with van der Waals surface area (Å²) >= 11 is 0.